The predicted octanol–water partition coefficient (Wildman–Crippen LogP) is 3.61. The lowest BCUT2D eigenvalue weighted by Gasteiger charge is -2.09. The zero-order valence-corrected chi connectivity index (χ0v) is 11.1. The minimum atomic E-state index is 0.0233. The molecule has 0 aliphatic rings. The highest BCUT2D eigenvalue weighted by Crippen LogP contribution is 2.31. The van der Waals surface area contributed by atoms with Crippen LogP contribution >= 0.6 is 27.7 Å². The van der Waals surface area contributed by atoms with Crippen molar-refractivity contribution in [1.29, 1.82) is 0 Å². The van der Waals surface area contributed by atoms with E-state index in [1.807, 2.05) is 25.1 Å². The summed E-state index contributed by atoms with van der Waals surface area (Å²) in [5, 5.41) is 0.639. The average Bonchev–Trinajstić information content (AvgIpc) is 2.70. The topological polar surface area (TPSA) is 52.0 Å². The molecule has 5 heteroatoms. The van der Waals surface area contributed by atoms with Crippen LogP contribution in [0.1, 0.15) is 18.5 Å². The monoisotopic (exact) mass is 298 g/mol. The molecular formula is C11H11BrN2OS. The Kier molecular flexibility index (Phi) is 3.68. The quantitative estimate of drug-likeness (QED) is 0.940. The van der Waals surface area contributed by atoms with Crippen LogP contribution in [0.4, 0.5) is 0 Å². The van der Waals surface area contributed by atoms with Gasteiger partial charge in [-0.15, -0.1) is 0 Å². The van der Waals surface area contributed by atoms with E-state index in [4.69, 9.17) is 10.2 Å². The van der Waals surface area contributed by atoms with Gasteiger partial charge in [-0.25, -0.2) is 4.98 Å². The maximum atomic E-state index is 5.83. The van der Waals surface area contributed by atoms with Crippen LogP contribution in [0.5, 0.6) is 0 Å². The third kappa shape index (κ3) is 2.66. The Bertz CT molecular complexity index is 471. The Morgan fingerprint density at radius 2 is 2.31 bits per heavy atom. The lowest BCUT2D eigenvalue weighted by atomic mass is 10.1. The summed E-state index contributed by atoms with van der Waals surface area (Å²) in [4.78, 5) is 5.12. The summed E-state index contributed by atoms with van der Waals surface area (Å²) in [5.41, 5.74) is 6.93. The summed E-state index contributed by atoms with van der Waals surface area (Å²) in [6, 6.07) is 6.07. The van der Waals surface area contributed by atoms with Crippen molar-refractivity contribution in [3.63, 3.8) is 0 Å². The van der Waals surface area contributed by atoms with Gasteiger partial charge >= 0.3 is 0 Å². The van der Waals surface area contributed by atoms with Gasteiger partial charge in [0.1, 0.15) is 6.26 Å². The van der Waals surface area contributed by atoms with Crippen molar-refractivity contribution in [2.75, 3.05) is 0 Å². The zero-order chi connectivity index (χ0) is 11.5. The molecule has 2 rings (SSSR count). The highest BCUT2D eigenvalue weighted by molar-refractivity contribution is 9.10. The first-order chi connectivity index (χ1) is 7.66. The Labute approximate surface area is 107 Å². The number of nitrogens with two attached hydrogens (primary N) is 1. The van der Waals surface area contributed by atoms with Crippen LogP contribution in [0.3, 0.4) is 0 Å². The summed E-state index contributed by atoms with van der Waals surface area (Å²) >= 11 is 4.99. The van der Waals surface area contributed by atoms with E-state index in [2.05, 4.69) is 20.9 Å². The average molecular weight is 299 g/mol. The fourth-order valence-electron chi connectivity index (χ4n) is 1.30. The molecule has 0 unspecified atom stereocenters. The first kappa shape index (κ1) is 11.7. The molecule has 2 aromatic rings. The third-order valence-electron chi connectivity index (χ3n) is 2.08. The van der Waals surface area contributed by atoms with Gasteiger partial charge < -0.3 is 10.2 Å². The van der Waals surface area contributed by atoms with Crippen molar-refractivity contribution in [2.45, 2.75) is 23.1 Å². The van der Waals surface area contributed by atoms with E-state index in [0.717, 1.165) is 14.9 Å². The van der Waals surface area contributed by atoms with Gasteiger partial charge in [-0.2, -0.15) is 0 Å². The second kappa shape index (κ2) is 5.03. The highest BCUT2D eigenvalue weighted by Gasteiger charge is 2.07. The van der Waals surface area contributed by atoms with Crippen molar-refractivity contribution in [1.82, 2.24) is 4.98 Å². The Hall–Kier alpha value is -0.780. The second-order valence-corrected chi connectivity index (χ2v) is 5.25. The Morgan fingerprint density at radius 1 is 1.50 bits per heavy atom. The van der Waals surface area contributed by atoms with Crippen LogP contribution < -0.4 is 5.73 Å². The molecule has 0 amide bonds. The van der Waals surface area contributed by atoms with E-state index in [1.165, 1.54) is 11.8 Å². The molecule has 84 valence electrons. The first-order valence-corrected chi connectivity index (χ1v) is 6.40. The predicted molar refractivity (Wildman–Crippen MR) is 67.4 cm³/mol. The first-order valence-electron chi connectivity index (χ1n) is 4.79. The van der Waals surface area contributed by atoms with E-state index in [1.54, 1.807) is 12.5 Å². The number of nitrogens with zero attached hydrogens (tertiary/aromatic N) is 1. The molecule has 0 bridgehead atoms. The van der Waals surface area contributed by atoms with Crippen molar-refractivity contribution in [2.24, 2.45) is 5.73 Å². The fraction of sp³-hybridized carbons (Fsp3) is 0.182. The highest BCUT2D eigenvalue weighted by atomic mass is 79.9. The number of benzene rings is 1. The van der Waals surface area contributed by atoms with Crippen LogP contribution in [0.15, 0.2) is 49.7 Å². The van der Waals surface area contributed by atoms with E-state index < -0.39 is 0 Å². The van der Waals surface area contributed by atoms with Gasteiger partial charge in [-0.3, -0.25) is 0 Å². The van der Waals surface area contributed by atoms with Crippen molar-refractivity contribution < 1.29 is 4.42 Å². The van der Waals surface area contributed by atoms with Gasteiger partial charge in [0, 0.05) is 15.4 Å². The van der Waals surface area contributed by atoms with Crippen LogP contribution in [-0.2, 0) is 0 Å². The number of rotatable bonds is 3. The molecule has 0 radical (unpaired) electrons. The van der Waals surface area contributed by atoms with Gasteiger partial charge in [0.25, 0.3) is 5.22 Å². The SMILES string of the molecule is C[C@H](N)c1ccc(Sc2ncco2)cc1Br. The number of aromatic nitrogens is 1. The molecule has 0 spiro atoms. The Morgan fingerprint density at radius 3 is 2.88 bits per heavy atom. The summed E-state index contributed by atoms with van der Waals surface area (Å²) in [6.07, 6.45) is 3.20. The normalized spacial score (nSPS) is 12.7. The van der Waals surface area contributed by atoms with E-state index in [0.29, 0.717) is 5.22 Å². The van der Waals surface area contributed by atoms with E-state index in [9.17, 15) is 0 Å². The smallest absolute Gasteiger partial charge is 0.260 e. The minimum absolute atomic E-state index is 0.0233. The molecule has 1 atom stereocenters. The molecule has 1 heterocycles. The minimum Gasteiger partial charge on any atom is -0.440 e. The molecule has 0 saturated carbocycles. The molecule has 0 saturated heterocycles. The van der Waals surface area contributed by atoms with Gasteiger partial charge in [-0.05, 0) is 36.4 Å². The Balaban J connectivity index is 2.21. The molecule has 2 N–H and O–H groups in total. The largest absolute Gasteiger partial charge is 0.440 e. The molecule has 0 fully saturated rings. The van der Waals surface area contributed by atoms with Gasteiger partial charge in [0.15, 0.2) is 0 Å². The standard InChI is InChI=1S/C11H11BrN2OS/c1-7(13)9-3-2-8(6-10(9)12)16-11-14-4-5-15-11/h2-7H,13H2,1H3/t7-/m0/s1. The maximum absolute atomic E-state index is 5.83. The number of hydrogen-bond donors (Lipinski definition) is 1. The molecule has 0 aliphatic heterocycles. The number of oxazole rings is 1. The van der Waals surface area contributed by atoms with E-state index >= 15 is 0 Å². The van der Waals surface area contributed by atoms with Gasteiger partial charge in [-0.1, -0.05) is 22.0 Å². The van der Waals surface area contributed by atoms with Gasteiger partial charge in [0.05, 0.1) is 6.20 Å². The van der Waals surface area contributed by atoms with Crippen LogP contribution in [0.25, 0.3) is 0 Å². The molecule has 0 aliphatic carbocycles. The molecule has 1 aromatic carbocycles. The third-order valence-corrected chi connectivity index (χ3v) is 3.63. The summed E-state index contributed by atoms with van der Waals surface area (Å²) in [6.45, 7) is 1.96. The van der Waals surface area contributed by atoms with Crippen LogP contribution in [0, 0.1) is 0 Å². The van der Waals surface area contributed by atoms with Crippen molar-refractivity contribution >= 4 is 27.7 Å². The summed E-state index contributed by atoms with van der Waals surface area (Å²) in [7, 11) is 0. The van der Waals surface area contributed by atoms with Crippen LogP contribution in [0.2, 0.25) is 0 Å². The van der Waals surface area contributed by atoms with Gasteiger partial charge in [0.2, 0.25) is 0 Å². The number of hydrogen-bond acceptors (Lipinski definition) is 4. The molecule has 16 heavy (non-hydrogen) atoms. The zero-order valence-electron chi connectivity index (χ0n) is 8.68. The fourth-order valence-corrected chi connectivity index (χ4v) is 2.93. The number of halogens is 1. The van der Waals surface area contributed by atoms with Crippen LogP contribution in [-0.4, -0.2) is 4.98 Å². The second-order valence-electron chi connectivity index (χ2n) is 3.37. The summed E-state index contributed by atoms with van der Waals surface area (Å²) < 4.78 is 6.18. The molecular weight excluding hydrogens is 288 g/mol. The maximum Gasteiger partial charge on any atom is 0.260 e. The molecule has 1 aromatic heterocycles. The van der Waals surface area contributed by atoms with E-state index in [-0.39, 0.29) is 6.04 Å². The lowest BCUT2D eigenvalue weighted by Crippen LogP contribution is -2.05. The van der Waals surface area contributed by atoms with Crippen molar-refractivity contribution in [3.8, 4) is 0 Å². The van der Waals surface area contributed by atoms with Crippen molar-refractivity contribution in [3.05, 3.63) is 40.7 Å². The molecule has 3 nitrogen and oxygen atoms in total. The summed E-state index contributed by atoms with van der Waals surface area (Å²) in [5.74, 6) is 0. The lowest BCUT2D eigenvalue weighted by molar-refractivity contribution is 0.454.